The maximum absolute atomic E-state index is 12.7. The zero-order valence-electron chi connectivity index (χ0n) is 14.0. The third-order valence-corrected chi connectivity index (χ3v) is 6.03. The maximum Gasteiger partial charge on any atom is 0.417 e. The van der Waals surface area contributed by atoms with Gasteiger partial charge in [-0.3, -0.25) is 4.79 Å². The van der Waals surface area contributed by atoms with Crippen molar-refractivity contribution in [2.75, 3.05) is 31.1 Å². The van der Waals surface area contributed by atoms with Gasteiger partial charge in [0.1, 0.15) is 10.7 Å². The lowest BCUT2D eigenvalue weighted by molar-refractivity contribution is -0.137. The van der Waals surface area contributed by atoms with Crippen molar-refractivity contribution in [1.29, 1.82) is 0 Å². The largest absolute Gasteiger partial charge is 0.417 e. The van der Waals surface area contributed by atoms with Crippen molar-refractivity contribution >= 4 is 23.1 Å². The number of halogens is 3. The molecule has 2 aromatic heterocycles. The average Bonchev–Trinajstić information content (AvgIpc) is 3.27. The van der Waals surface area contributed by atoms with Gasteiger partial charge in [0, 0.05) is 44.2 Å². The summed E-state index contributed by atoms with van der Waals surface area (Å²) in [5.41, 5.74) is 1.70. The molecule has 0 saturated carbocycles. The molecule has 0 bridgehead atoms. The molecule has 2 unspecified atom stereocenters. The van der Waals surface area contributed by atoms with Gasteiger partial charge in [-0.1, -0.05) is 0 Å². The summed E-state index contributed by atoms with van der Waals surface area (Å²) in [4.78, 5) is 25.3. The highest BCUT2D eigenvalue weighted by atomic mass is 32.1. The Morgan fingerprint density at radius 2 is 1.85 bits per heavy atom. The summed E-state index contributed by atoms with van der Waals surface area (Å²) in [5, 5.41) is 0. The highest BCUT2D eigenvalue weighted by Crippen LogP contribution is 2.35. The minimum Gasteiger partial charge on any atom is -0.356 e. The molecule has 0 aromatic carbocycles. The smallest absolute Gasteiger partial charge is 0.356 e. The summed E-state index contributed by atoms with van der Waals surface area (Å²) in [7, 11) is 0. The summed E-state index contributed by atoms with van der Waals surface area (Å²) in [5.74, 6) is 1.22. The van der Waals surface area contributed by atoms with E-state index in [1.54, 1.807) is 5.51 Å². The van der Waals surface area contributed by atoms with Crippen LogP contribution in [0.15, 0.2) is 23.8 Å². The Morgan fingerprint density at radius 1 is 1.15 bits per heavy atom. The number of rotatable bonds is 2. The SMILES string of the molecule is Cc1ncsc1C(=O)N1CC2CN(c3ccc(C(F)(F)F)cn3)CC2C1. The molecule has 2 fully saturated rings. The molecule has 138 valence electrons. The van der Waals surface area contributed by atoms with Gasteiger partial charge in [-0.25, -0.2) is 9.97 Å². The van der Waals surface area contributed by atoms with Gasteiger partial charge in [-0.15, -0.1) is 11.3 Å². The van der Waals surface area contributed by atoms with Gasteiger partial charge in [0.15, 0.2) is 0 Å². The van der Waals surface area contributed by atoms with Gasteiger partial charge >= 0.3 is 6.18 Å². The number of aryl methyl sites for hydroxylation is 1. The molecule has 0 radical (unpaired) electrons. The van der Waals surface area contributed by atoms with E-state index in [0.29, 0.717) is 48.7 Å². The second-order valence-corrected chi connectivity index (χ2v) is 7.66. The van der Waals surface area contributed by atoms with Gasteiger partial charge < -0.3 is 9.80 Å². The molecule has 2 saturated heterocycles. The van der Waals surface area contributed by atoms with Gasteiger partial charge in [0.05, 0.1) is 16.8 Å². The number of nitrogens with zero attached hydrogens (tertiary/aromatic N) is 4. The van der Waals surface area contributed by atoms with Crippen molar-refractivity contribution in [2.24, 2.45) is 11.8 Å². The highest BCUT2D eigenvalue weighted by molar-refractivity contribution is 7.11. The van der Waals surface area contributed by atoms with Crippen LogP contribution in [0.3, 0.4) is 0 Å². The van der Waals surface area contributed by atoms with Crippen LogP contribution in [-0.2, 0) is 6.18 Å². The van der Waals surface area contributed by atoms with Crippen molar-refractivity contribution in [3.05, 3.63) is 40.0 Å². The zero-order chi connectivity index (χ0) is 18.5. The average molecular weight is 382 g/mol. The number of fused-ring (bicyclic) bond motifs is 1. The van der Waals surface area contributed by atoms with Crippen LogP contribution in [0.2, 0.25) is 0 Å². The van der Waals surface area contributed by atoms with Crippen LogP contribution >= 0.6 is 11.3 Å². The monoisotopic (exact) mass is 382 g/mol. The molecule has 4 heterocycles. The molecule has 9 heteroatoms. The van der Waals surface area contributed by atoms with E-state index >= 15 is 0 Å². The number of amides is 1. The van der Waals surface area contributed by atoms with Gasteiger partial charge in [0.25, 0.3) is 5.91 Å². The molecule has 2 aliphatic rings. The topological polar surface area (TPSA) is 49.3 Å². The molecule has 2 atom stereocenters. The quantitative estimate of drug-likeness (QED) is 0.801. The predicted octanol–water partition coefficient (Wildman–Crippen LogP) is 3.07. The molecule has 26 heavy (non-hydrogen) atoms. The first-order valence-electron chi connectivity index (χ1n) is 8.30. The molecule has 0 N–H and O–H groups in total. The van der Waals surface area contributed by atoms with Crippen molar-refractivity contribution in [3.8, 4) is 0 Å². The van der Waals surface area contributed by atoms with Crippen LogP contribution in [0.25, 0.3) is 0 Å². The number of pyridine rings is 1. The van der Waals surface area contributed by atoms with Crippen molar-refractivity contribution in [2.45, 2.75) is 13.1 Å². The lowest BCUT2D eigenvalue weighted by Gasteiger charge is -2.22. The normalized spacial score (nSPS) is 22.8. The first-order valence-corrected chi connectivity index (χ1v) is 9.18. The van der Waals surface area contributed by atoms with E-state index < -0.39 is 11.7 Å². The minimum atomic E-state index is -4.37. The molecule has 2 aromatic rings. The minimum absolute atomic E-state index is 0.0265. The predicted molar refractivity (Wildman–Crippen MR) is 91.2 cm³/mol. The first kappa shape index (κ1) is 17.3. The van der Waals surface area contributed by atoms with E-state index in [1.165, 1.54) is 17.4 Å². The summed E-state index contributed by atoms with van der Waals surface area (Å²) in [6, 6.07) is 2.49. The molecule has 2 aliphatic heterocycles. The van der Waals surface area contributed by atoms with Crippen molar-refractivity contribution in [3.63, 3.8) is 0 Å². The lowest BCUT2D eigenvalue weighted by atomic mass is 10.0. The standard InChI is InChI=1S/C17H17F3N4OS/c1-10-15(26-9-22-10)16(25)24-7-11-5-23(6-12(11)8-24)14-3-2-13(4-21-14)17(18,19)20/h2-4,9,11-12H,5-8H2,1H3. The third-order valence-electron chi connectivity index (χ3n) is 5.11. The molecule has 4 rings (SSSR count). The van der Waals surface area contributed by atoms with Gasteiger partial charge in [-0.05, 0) is 19.1 Å². The fourth-order valence-corrected chi connectivity index (χ4v) is 4.51. The van der Waals surface area contributed by atoms with E-state index in [4.69, 9.17) is 0 Å². The molecule has 0 spiro atoms. The second kappa shape index (κ2) is 6.22. The van der Waals surface area contributed by atoms with Crippen LogP contribution < -0.4 is 4.90 Å². The number of likely N-dealkylation sites (tertiary alicyclic amines) is 1. The Bertz CT molecular complexity index is 806. The number of carbonyl (C=O) groups excluding carboxylic acids is 1. The van der Waals surface area contributed by atoms with Crippen LogP contribution in [0, 0.1) is 18.8 Å². The highest BCUT2D eigenvalue weighted by Gasteiger charge is 2.42. The molecular formula is C17H17F3N4OS. The Balaban J connectivity index is 1.41. The van der Waals surface area contributed by atoms with Crippen molar-refractivity contribution in [1.82, 2.24) is 14.9 Å². The molecular weight excluding hydrogens is 365 g/mol. The van der Waals surface area contributed by atoms with Crippen molar-refractivity contribution < 1.29 is 18.0 Å². The molecule has 0 aliphatic carbocycles. The Kier molecular flexibility index (Phi) is 4.13. The Morgan fingerprint density at radius 3 is 2.35 bits per heavy atom. The van der Waals surface area contributed by atoms with Gasteiger partial charge in [0.2, 0.25) is 0 Å². The van der Waals surface area contributed by atoms with Crippen LogP contribution in [0.5, 0.6) is 0 Å². The second-order valence-electron chi connectivity index (χ2n) is 6.81. The number of carbonyl (C=O) groups is 1. The Labute approximate surface area is 152 Å². The summed E-state index contributed by atoms with van der Waals surface area (Å²) < 4.78 is 38.0. The van der Waals surface area contributed by atoms with E-state index in [1.807, 2.05) is 16.7 Å². The number of hydrogen-bond acceptors (Lipinski definition) is 5. The van der Waals surface area contributed by atoms with E-state index in [0.717, 1.165) is 18.0 Å². The number of aromatic nitrogens is 2. The van der Waals surface area contributed by atoms with Crippen LogP contribution in [0.4, 0.5) is 19.0 Å². The molecule has 1 amide bonds. The van der Waals surface area contributed by atoms with E-state index in [9.17, 15) is 18.0 Å². The zero-order valence-corrected chi connectivity index (χ0v) is 14.8. The Hall–Kier alpha value is -2.16. The third kappa shape index (κ3) is 3.04. The maximum atomic E-state index is 12.7. The number of anilines is 1. The first-order chi connectivity index (χ1) is 12.3. The summed E-state index contributed by atoms with van der Waals surface area (Å²) in [6.45, 7) is 4.57. The number of hydrogen-bond donors (Lipinski definition) is 0. The fourth-order valence-electron chi connectivity index (χ4n) is 3.74. The van der Waals surface area contributed by atoms with Crippen LogP contribution in [0.1, 0.15) is 20.9 Å². The lowest BCUT2D eigenvalue weighted by Crippen LogP contribution is -2.33. The van der Waals surface area contributed by atoms with Crippen LogP contribution in [-0.4, -0.2) is 47.0 Å². The molecule has 5 nitrogen and oxygen atoms in total. The van der Waals surface area contributed by atoms with E-state index in [2.05, 4.69) is 9.97 Å². The van der Waals surface area contributed by atoms with E-state index in [-0.39, 0.29) is 5.91 Å². The number of thiazole rings is 1. The number of alkyl halides is 3. The van der Waals surface area contributed by atoms with Gasteiger partial charge in [-0.2, -0.15) is 13.2 Å². The fraction of sp³-hybridized carbons (Fsp3) is 0.471. The summed E-state index contributed by atoms with van der Waals surface area (Å²) in [6.07, 6.45) is -3.49. The summed E-state index contributed by atoms with van der Waals surface area (Å²) >= 11 is 1.36.